The molecule has 0 saturated carbocycles. The van der Waals surface area contributed by atoms with E-state index in [0.717, 1.165) is 0 Å². The van der Waals surface area contributed by atoms with Crippen LogP contribution in [0.4, 0.5) is 4.39 Å². The van der Waals surface area contributed by atoms with Gasteiger partial charge >= 0.3 is 0 Å². The molecule has 0 atom stereocenters. The molecule has 1 aromatic rings. The molecule has 3 heteroatoms. The molecule has 0 amide bonds. The van der Waals surface area contributed by atoms with Gasteiger partial charge in [0.05, 0.1) is 0 Å². The molecule has 0 saturated heterocycles. The zero-order valence-electron chi connectivity index (χ0n) is 4.67. The number of nitrogens with two attached hydrogens (primary N) is 1. The van der Waals surface area contributed by atoms with E-state index in [4.69, 9.17) is 5.90 Å². The lowest BCUT2D eigenvalue weighted by Crippen LogP contribution is -2.02. The second kappa shape index (κ2) is 2.46. The van der Waals surface area contributed by atoms with Gasteiger partial charge in [-0.2, -0.15) is 5.90 Å². The Hall–Kier alpha value is -1.09. The summed E-state index contributed by atoms with van der Waals surface area (Å²) < 4.78 is 12.4. The molecule has 0 bridgehead atoms. The molecule has 2 N–H and O–H groups in total. The lowest BCUT2D eigenvalue weighted by molar-refractivity contribution is 0.316. The van der Waals surface area contributed by atoms with E-state index in [1.807, 2.05) is 0 Å². The summed E-state index contributed by atoms with van der Waals surface area (Å²) in [4.78, 5) is 4.17. The summed E-state index contributed by atoms with van der Waals surface area (Å²) >= 11 is 0. The van der Waals surface area contributed by atoms with Gasteiger partial charge in [-0.25, -0.2) is 4.39 Å². The van der Waals surface area contributed by atoms with Crippen molar-refractivity contribution in [3.63, 3.8) is 0 Å². The van der Waals surface area contributed by atoms with Crippen molar-refractivity contribution in [2.75, 3.05) is 0 Å². The minimum Gasteiger partial charge on any atom is -0.408 e. The molecule has 0 aliphatic heterocycles. The molecule has 0 spiro atoms. The summed E-state index contributed by atoms with van der Waals surface area (Å²) in [5.41, 5.74) is 0. The standard InChI is InChI=1S/C6H6FNO/c7-5-3-1-2-4-6(5)9-8/h1-4H,8H2. The minimum atomic E-state index is -0.444. The number of halogens is 1. The summed E-state index contributed by atoms with van der Waals surface area (Å²) in [6.07, 6.45) is 0. The molecule has 0 heterocycles. The van der Waals surface area contributed by atoms with Crippen LogP contribution in [0.3, 0.4) is 0 Å². The Bertz CT molecular complexity index is 202. The predicted molar refractivity (Wildman–Crippen MR) is 31.2 cm³/mol. The molecule has 0 radical (unpaired) electrons. The Morgan fingerprint density at radius 3 is 2.44 bits per heavy atom. The van der Waals surface area contributed by atoms with Crippen molar-refractivity contribution in [2.45, 2.75) is 0 Å². The largest absolute Gasteiger partial charge is 0.408 e. The van der Waals surface area contributed by atoms with Crippen LogP contribution in [0.15, 0.2) is 24.3 Å². The van der Waals surface area contributed by atoms with Gasteiger partial charge in [-0.1, -0.05) is 12.1 Å². The van der Waals surface area contributed by atoms with E-state index in [9.17, 15) is 4.39 Å². The normalized spacial score (nSPS) is 9.11. The zero-order chi connectivity index (χ0) is 6.69. The second-order valence-electron chi connectivity index (χ2n) is 1.55. The molecule has 0 aromatic heterocycles. The number of rotatable bonds is 1. The average Bonchev–Trinajstić information content (AvgIpc) is 1.89. The fourth-order valence-corrected chi connectivity index (χ4v) is 0.540. The summed E-state index contributed by atoms with van der Waals surface area (Å²) in [6, 6.07) is 5.95. The Kier molecular flexibility index (Phi) is 1.65. The fourth-order valence-electron chi connectivity index (χ4n) is 0.540. The fraction of sp³-hybridized carbons (Fsp3) is 0. The first-order valence-corrected chi connectivity index (χ1v) is 2.46. The smallest absolute Gasteiger partial charge is 0.182 e. The van der Waals surface area contributed by atoms with Gasteiger partial charge in [-0.05, 0) is 12.1 Å². The highest BCUT2D eigenvalue weighted by Gasteiger charge is 1.96. The predicted octanol–water partition coefficient (Wildman–Crippen LogP) is 1.08. The van der Waals surface area contributed by atoms with E-state index in [1.165, 1.54) is 12.1 Å². The summed E-state index contributed by atoms with van der Waals surface area (Å²) in [6.45, 7) is 0. The Morgan fingerprint density at radius 2 is 2.00 bits per heavy atom. The van der Waals surface area contributed by atoms with Crippen molar-refractivity contribution in [1.82, 2.24) is 0 Å². The molecule has 0 aliphatic rings. The molecule has 0 fully saturated rings. The quantitative estimate of drug-likeness (QED) is 0.573. The highest BCUT2D eigenvalue weighted by atomic mass is 19.1. The van der Waals surface area contributed by atoms with Crippen LogP contribution < -0.4 is 10.7 Å². The Labute approximate surface area is 52.0 Å². The van der Waals surface area contributed by atoms with E-state index in [-0.39, 0.29) is 5.75 Å². The third-order valence-corrected chi connectivity index (χ3v) is 0.964. The van der Waals surface area contributed by atoms with Crippen LogP contribution in [0.5, 0.6) is 5.75 Å². The van der Waals surface area contributed by atoms with Gasteiger partial charge in [0.25, 0.3) is 0 Å². The number of para-hydroxylation sites is 1. The van der Waals surface area contributed by atoms with Crippen LogP contribution >= 0.6 is 0 Å². The van der Waals surface area contributed by atoms with E-state index in [0.29, 0.717) is 0 Å². The van der Waals surface area contributed by atoms with Gasteiger partial charge in [0.1, 0.15) is 0 Å². The Balaban J connectivity index is 3.01. The molecular weight excluding hydrogens is 121 g/mol. The van der Waals surface area contributed by atoms with Crippen molar-refractivity contribution in [1.29, 1.82) is 0 Å². The first kappa shape index (κ1) is 6.04. The minimum absolute atomic E-state index is 0.0671. The molecular formula is C6H6FNO. The van der Waals surface area contributed by atoms with Gasteiger partial charge in [0, 0.05) is 0 Å². The van der Waals surface area contributed by atoms with Gasteiger partial charge in [-0.3, -0.25) is 0 Å². The van der Waals surface area contributed by atoms with Gasteiger partial charge < -0.3 is 4.84 Å². The molecule has 48 valence electrons. The molecule has 2 nitrogen and oxygen atoms in total. The maximum atomic E-state index is 12.4. The summed E-state index contributed by atoms with van der Waals surface area (Å²) in [7, 11) is 0. The monoisotopic (exact) mass is 127 g/mol. The van der Waals surface area contributed by atoms with Gasteiger partial charge in [0.2, 0.25) is 0 Å². The van der Waals surface area contributed by atoms with E-state index in [1.54, 1.807) is 12.1 Å². The third kappa shape index (κ3) is 1.17. The second-order valence-corrected chi connectivity index (χ2v) is 1.55. The zero-order valence-corrected chi connectivity index (χ0v) is 4.67. The van der Waals surface area contributed by atoms with Crippen molar-refractivity contribution in [2.24, 2.45) is 5.90 Å². The average molecular weight is 127 g/mol. The van der Waals surface area contributed by atoms with Gasteiger partial charge in [0.15, 0.2) is 11.6 Å². The van der Waals surface area contributed by atoms with Crippen molar-refractivity contribution >= 4 is 0 Å². The summed E-state index contributed by atoms with van der Waals surface area (Å²) in [5.74, 6) is 4.33. The van der Waals surface area contributed by atoms with Crippen LogP contribution in [0, 0.1) is 5.82 Å². The Morgan fingerprint density at radius 1 is 1.33 bits per heavy atom. The molecule has 9 heavy (non-hydrogen) atoms. The maximum absolute atomic E-state index is 12.4. The van der Waals surface area contributed by atoms with Crippen LogP contribution in [-0.2, 0) is 0 Å². The van der Waals surface area contributed by atoms with Crippen LogP contribution in [-0.4, -0.2) is 0 Å². The third-order valence-electron chi connectivity index (χ3n) is 0.964. The highest BCUT2D eigenvalue weighted by Crippen LogP contribution is 2.12. The van der Waals surface area contributed by atoms with Crippen LogP contribution in [0.1, 0.15) is 0 Å². The molecule has 1 aromatic carbocycles. The maximum Gasteiger partial charge on any atom is 0.182 e. The summed E-state index contributed by atoms with van der Waals surface area (Å²) in [5, 5.41) is 0. The van der Waals surface area contributed by atoms with Crippen LogP contribution in [0.2, 0.25) is 0 Å². The SMILES string of the molecule is NOc1ccccc1F. The van der Waals surface area contributed by atoms with E-state index < -0.39 is 5.82 Å². The van der Waals surface area contributed by atoms with E-state index >= 15 is 0 Å². The number of hydrogen-bond acceptors (Lipinski definition) is 2. The number of benzene rings is 1. The lowest BCUT2D eigenvalue weighted by atomic mass is 10.3. The number of hydrogen-bond donors (Lipinski definition) is 1. The molecule has 0 unspecified atom stereocenters. The van der Waals surface area contributed by atoms with Crippen molar-refractivity contribution < 1.29 is 9.23 Å². The highest BCUT2D eigenvalue weighted by molar-refractivity contribution is 5.22. The van der Waals surface area contributed by atoms with Gasteiger partial charge in [-0.15, -0.1) is 0 Å². The van der Waals surface area contributed by atoms with Crippen molar-refractivity contribution in [3.05, 3.63) is 30.1 Å². The first-order valence-electron chi connectivity index (χ1n) is 2.46. The van der Waals surface area contributed by atoms with E-state index in [2.05, 4.69) is 4.84 Å². The van der Waals surface area contributed by atoms with Crippen LogP contribution in [0.25, 0.3) is 0 Å². The lowest BCUT2D eigenvalue weighted by Gasteiger charge is -1.96. The van der Waals surface area contributed by atoms with Crippen molar-refractivity contribution in [3.8, 4) is 5.75 Å². The molecule has 1 rings (SSSR count). The first-order chi connectivity index (χ1) is 4.34. The molecule has 0 aliphatic carbocycles. The topological polar surface area (TPSA) is 35.2 Å².